The average Bonchev–Trinajstić information content (AvgIpc) is 2.44. The van der Waals surface area contributed by atoms with Gasteiger partial charge in [-0.3, -0.25) is 4.98 Å². The predicted octanol–water partition coefficient (Wildman–Crippen LogP) is 4.42. The molecule has 1 heterocycles. The fourth-order valence-electron chi connectivity index (χ4n) is 2.12. The molecule has 0 saturated carbocycles. The summed E-state index contributed by atoms with van der Waals surface area (Å²) in [6.45, 7) is 2.70. The van der Waals surface area contributed by atoms with Gasteiger partial charge in [-0.05, 0) is 30.7 Å². The minimum Gasteiger partial charge on any atom is -0.310 e. The van der Waals surface area contributed by atoms with Crippen molar-refractivity contribution in [2.75, 3.05) is 6.54 Å². The zero-order chi connectivity index (χ0) is 14.5. The van der Waals surface area contributed by atoms with E-state index < -0.39 is 0 Å². The number of aromatic nitrogens is 1. The molecule has 0 aliphatic carbocycles. The summed E-state index contributed by atoms with van der Waals surface area (Å²) in [7, 11) is 0. The highest BCUT2D eigenvalue weighted by atomic mass is 35.5. The minimum absolute atomic E-state index is 0.131. The van der Waals surface area contributed by atoms with Crippen LogP contribution in [0.2, 0.25) is 10.0 Å². The average molecular weight is 313 g/mol. The van der Waals surface area contributed by atoms with Gasteiger partial charge in [0.15, 0.2) is 0 Å². The van der Waals surface area contributed by atoms with Crippen LogP contribution in [0.1, 0.15) is 24.1 Å². The van der Waals surface area contributed by atoms with Crippen LogP contribution in [0.5, 0.6) is 0 Å². The molecule has 5 heteroatoms. The molecule has 0 amide bonds. The molecule has 1 aromatic carbocycles. The molecule has 1 unspecified atom stereocenters. The molecule has 1 atom stereocenters. The first kappa shape index (κ1) is 15.2. The number of halogens is 3. The fraction of sp³-hybridized carbons (Fsp3) is 0.267. The Hall–Kier alpha value is -1.16. The quantitative estimate of drug-likeness (QED) is 0.884. The number of nitrogens with one attached hydrogen (secondary N) is 1. The Balaban J connectivity index is 2.32. The second-order valence-electron chi connectivity index (χ2n) is 4.42. The summed E-state index contributed by atoms with van der Waals surface area (Å²) in [5.41, 5.74) is 1.47. The third kappa shape index (κ3) is 3.48. The van der Waals surface area contributed by atoms with E-state index in [1.165, 1.54) is 0 Å². The lowest BCUT2D eigenvalue weighted by Crippen LogP contribution is -2.24. The highest BCUT2D eigenvalue weighted by Crippen LogP contribution is 2.27. The van der Waals surface area contributed by atoms with E-state index in [2.05, 4.69) is 10.3 Å². The maximum Gasteiger partial charge on any atom is 0.146 e. The van der Waals surface area contributed by atoms with Crippen LogP contribution in [0, 0.1) is 5.82 Å². The summed E-state index contributed by atoms with van der Waals surface area (Å²) in [5.74, 6) is -0.384. The van der Waals surface area contributed by atoms with Gasteiger partial charge in [-0.25, -0.2) is 4.39 Å². The van der Waals surface area contributed by atoms with E-state index in [0.29, 0.717) is 17.0 Å². The van der Waals surface area contributed by atoms with Gasteiger partial charge in [-0.15, -0.1) is 0 Å². The lowest BCUT2D eigenvalue weighted by molar-refractivity contribution is 0.510. The van der Waals surface area contributed by atoms with Crippen LogP contribution < -0.4 is 5.32 Å². The maximum atomic E-state index is 14.2. The maximum absolute atomic E-state index is 14.2. The highest BCUT2D eigenvalue weighted by molar-refractivity contribution is 6.31. The molecule has 1 N–H and O–H groups in total. The Labute approximate surface area is 127 Å². The molecule has 106 valence electrons. The summed E-state index contributed by atoms with van der Waals surface area (Å²) >= 11 is 12.0. The fourth-order valence-corrected chi connectivity index (χ4v) is 2.50. The van der Waals surface area contributed by atoms with E-state index in [4.69, 9.17) is 23.2 Å². The third-order valence-corrected chi connectivity index (χ3v) is 3.72. The standard InChI is InChI=1S/C15H15Cl2FN2/c1-2-20-14(8-10-6-7-19-9-13(10)17)11-4-3-5-12(16)15(11)18/h3-7,9,14,20H,2,8H2,1H3. The van der Waals surface area contributed by atoms with Gasteiger partial charge < -0.3 is 5.32 Å². The molecular weight excluding hydrogens is 298 g/mol. The Morgan fingerprint density at radius 2 is 2.05 bits per heavy atom. The van der Waals surface area contributed by atoms with Crippen molar-refractivity contribution in [2.24, 2.45) is 0 Å². The number of nitrogens with zero attached hydrogens (tertiary/aromatic N) is 1. The van der Waals surface area contributed by atoms with Crippen molar-refractivity contribution in [3.63, 3.8) is 0 Å². The number of hydrogen-bond acceptors (Lipinski definition) is 2. The molecule has 2 aromatic rings. The molecule has 1 aromatic heterocycles. The van der Waals surface area contributed by atoms with Gasteiger partial charge in [0.2, 0.25) is 0 Å². The molecule has 0 aliphatic heterocycles. The third-order valence-electron chi connectivity index (χ3n) is 3.09. The highest BCUT2D eigenvalue weighted by Gasteiger charge is 2.18. The summed E-state index contributed by atoms with van der Waals surface area (Å²) in [4.78, 5) is 3.96. The Bertz CT molecular complexity index is 590. The van der Waals surface area contributed by atoms with Gasteiger partial charge in [0.1, 0.15) is 5.82 Å². The van der Waals surface area contributed by atoms with Crippen LogP contribution in [0.25, 0.3) is 0 Å². The molecule has 0 radical (unpaired) electrons. The van der Waals surface area contributed by atoms with Crippen LogP contribution in [-0.4, -0.2) is 11.5 Å². The Morgan fingerprint density at radius 3 is 2.75 bits per heavy atom. The summed E-state index contributed by atoms with van der Waals surface area (Å²) in [5, 5.41) is 3.98. The molecule has 0 saturated heterocycles. The first-order chi connectivity index (χ1) is 9.63. The van der Waals surface area contributed by atoms with Crippen LogP contribution in [0.15, 0.2) is 36.7 Å². The number of hydrogen-bond donors (Lipinski definition) is 1. The van der Waals surface area contributed by atoms with Crippen LogP contribution >= 0.6 is 23.2 Å². The lowest BCUT2D eigenvalue weighted by atomic mass is 9.99. The zero-order valence-electron chi connectivity index (χ0n) is 11.0. The van der Waals surface area contributed by atoms with Gasteiger partial charge in [0.25, 0.3) is 0 Å². The largest absolute Gasteiger partial charge is 0.310 e. The van der Waals surface area contributed by atoms with Crippen molar-refractivity contribution in [2.45, 2.75) is 19.4 Å². The van der Waals surface area contributed by atoms with Crippen molar-refractivity contribution in [3.05, 3.63) is 63.6 Å². The van der Waals surface area contributed by atoms with Crippen LogP contribution in [0.3, 0.4) is 0 Å². The predicted molar refractivity (Wildman–Crippen MR) is 80.8 cm³/mol. The molecule has 0 bridgehead atoms. The smallest absolute Gasteiger partial charge is 0.146 e. The number of rotatable bonds is 5. The molecule has 20 heavy (non-hydrogen) atoms. The van der Waals surface area contributed by atoms with Crippen molar-refractivity contribution in [1.82, 2.24) is 10.3 Å². The topological polar surface area (TPSA) is 24.9 Å². The Kier molecular flexibility index (Phi) is 5.35. The lowest BCUT2D eigenvalue weighted by Gasteiger charge is -2.20. The van der Waals surface area contributed by atoms with E-state index in [0.717, 1.165) is 12.1 Å². The van der Waals surface area contributed by atoms with Crippen LogP contribution in [0.4, 0.5) is 4.39 Å². The van der Waals surface area contributed by atoms with Gasteiger partial charge in [-0.1, -0.05) is 42.3 Å². The molecule has 0 fully saturated rings. The Morgan fingerprint density at radius 1 is 1.25 bits per heavy atom. The zero-order valence-corrected chi connectivity index (χ0v) is 12.5. The summed E-state index contributed by atoms with van der Waals surface area (Å²) in [6, 6.07) is 6.69. The number of pyridine rings is 1. The first-order valence-electron chi connectivity index (χ1n) is 6.39. The number of likely N-dealkylation sites (N-methyl/N-ethyl adjacent to an activating group) is 1. The van der Waals surface area contributed by atoms with E-state index in [9.17, 15) is 4.39 Å². The second kappa shape index (κ2) is 7.02. The minimum atomic E-state index is -0.384. The van der Waals surface area contributed by atoms with Gasteiger partial charge in [0.05, 0.1) is 10.0 Å². The van der Waals surface area contributed by atoms with E-state index in [1.807, 2.05) is 13.0 Å². The molecule has 0 aliphatic rings. The second-order valence-corrected chi connectivity index (χ2v) is 5.24. The first-order valence-corrected chi connectivity index (χ1v) is 7.14. The van der Waals surface area contributed by atoms with Crippen molar-refractivity contribution in [3.8, 4) is 0 Å². The van der Waals surface area contributed by atoms with Gasteiger partial charge >= 0.3 is 0 Å². The van der Waals surface area contributed by atoms with Crippen molar-refractivity contribution in [1.29, 1.82) is 0 Å². The monoisotopic (exact) mass is 312 g/mol. The van der Waals surface area contributed by atoms with Gasteiger partial charge in [-0.2, -0.15) is 0 Å². The molecule has 2 nitrogen and oxygen atoms in total. The summed E-state index contributed by atoms with van der Waals surface area (Å²) in [6.07, 6.45) is 3.85. The SMILES string of the molecule is CCNC(Cc1ccncc1Cl)c1cccc(Cl)c1F. The van der Waals surface area contributed by atoms with E-state index in [-0.39, 0.29) is 16.9 Å². The molecule has 0 spiro atoms. The van der Waals surface area contributed by atoms with E-state index in [1.54, 1.807) is 30.6 Å². The number of benzene rings is 1. The van der Waals surface area contributed by atoms with Crippen LogP contribution in [-0.2, 0) is 6.42 Å². The van der Waals surface area contributed by atoms with Gasteiger partial charge in [0, 0.05) is 24.0 Å². The van der Waals surface area contributed by atoms with E-state index >= 15 is 0 Å². The normalized spacial score (nSPS) is 12.4. The molecular formula is C15H15Cl2FN2. The summed E-state index contributed by atoms with van der Waals surface area (Å²) < 4.78 is 14.2. The molecule has 2 rings (SSSR count). The van der Waals surface area contributed by atoms with Crippen molar-refractivity contribution >= 4 is 23.2 Å². The van der Waals surface area contributed by atoms with Crippen molar-refractivity contribution < 1.29 is 4.39 Å².